The summed E-state index contributed by atoms with van der Waals surface area (Å²) in [4.78, 5) is 17.2. The van der Waals surface area contributed by atoms with Crippen molar-refractivity contribution in [2.24, 2.45) is 7.05 Å². The van der Waals surface area contributed by atoms with Crippen molar-refractivity contribution in [1.29, 1.82) is 0 Å². The Balaban J connectivity index is 1.49. The van der Waals surface area contributed by atoms with Gasteiger partial charge in [0.05, 0.1) is 12.7 Å². The molecule has 3 heterocycles. The zero-order chi connectivity index (χ0) is 16.2. The zero-order valence-electron chi connectivity index (χ0n) is 14.4. The molecule has 0 radical (unpaired) electrons. The van der Waals surface area contributed by atoms with Crippen LogP contribution in [0.25, 0.3) is 0 Å². The van der Waals surface area contributed by atoms with Crippen LogP contribution in [0.3, 0.4) is 0 Å². The third kappa shape index (κ3) is 4.12. The second-order valence-electron chi connectivity index (χ2n) is 6.85. The summed E-state index contributed by atoms with van der Waals surface area (Å²) >= 11 is 0. The van der Waals surface area contributed by atoms with Gasteiger partial charge in [-0.1, -0.05) is 6.92 Å². The fraction of sp³-hybridized carbons (Fsp3) is 0.765. The lowest BCUT2D eigenvalue weighted by Gasteiger charge is -2.32. The van der Waals surface area contributed by atoms with Crippen molar-refractivity contribution >= 4 is 5.91 Å². The number of carbonyl (C=O) groups is 1. The topological polar surface area (TPSA) is 53.4 Å². The van der Waals surface area contributed by atoms with Gasteiger partial charge >= 0.3 is 0 Å². The van der Waals surface area contributed by atoms with Crippen LogP contribution in [-0.2, 0) is 11.8 Å². The maximum atomic E-state index is 12.4. The van der Waals surface area contributed by atoms with Crippen LogP contribution in [0.2, 0.25) is 0 Å². The summed E-state index contributed by atoms with van der Waals surface area (Å²) in [6, 6.07) is 0.695. The minimum atomic E-state index is 0.177. The molecule has 6 nitrogen and oxygen atoms in total. The average molecular weight is 319 g/mol. The third-order valence-corrected chi connectivity index (χ3v) is 5.22. The van der Waals surface area contributed by atoms with E-state index in [0.29, 0.717) is 18.6 Å². The number of piperidine rings is 1. The predicted molar refractivity (Wildman–Crippen MR) is 90.0 cm³/mol. The molecule has 1 aromatic heterocycles. The van der Waals surface area contributed by atoms with Crippen molar-refractivity contribution in [3.8, 4) is 0 Å². The monoisotopic (exact) mass is 319 g/mol. The molecule has 0 spiro atoms. The summed E-state index contributed by atoms with van der Waals surface area (Å²) in [5, 5.41) is 7.51. The first-order valence-electron chi connectivity index (χ1n) is 8.90. The summed E-state index contributed by atoms with van der Waals surface area (Å²) < 4.78 is 1.84. The molecule has 0 unspecified atom stereocenters. The van der Waals surface area contributed by atoms with Gasteiger partial charge < -0.3 is 10.2 Å². The van der Waals surface area contributed by atoms with Crippen molar-refractivity contribution in [1.82, 2.24) is 24.9 Å². The van der Waals surface area contributed by atoms with E-state index in [0.717, 1.165) is 51.9 Å². The molecule has 0 bridgehead atoms. The van der Waals surface area contributed by atoms with Gasteiger partial charge in [0.1, 0.15) is 0 Å². The average Bonchev–Trinajstić information content (AvgIpc) is 3.16. The van der Waals surface area contributed by atoms with Crippen LogP contribution in [-0.4, -0.2) is 64.3 Å². The van der Waals surface area contributed by atoms with E-state index in [4.69, 9.17) is 0 Å². The molecule has 2 aliphatic rings. The van der Waals surface area contributed by atoms with Gasteiger partial charge in [-0.25, -0.2) is 0 Å². The van der Waals surface area contributed by atoms with Crippen molar-refractivity contribution in [2.75, 3.05) is 32.7 Å². The quantitative estimate of drug-likeness (QED) is 0.885. The van der Waals surface area contributed by atoms with Gasteiger partial charge in [0, 0.05) is 44.0 Å². The molecule has 2 saturated heterocycles. The predicted octanol–water partition coefficient (Wildman–Crippen LogP) is 1.16. The van der Waals surface area contributed by atoms with Crippen LogP contribution in [0.1, 0.15) is 44.2 Å². The second kappa shape index (κ2) is 7.45. The van der Waals surface area contributed by atoms with E-state index in [2.05, 4.69) is 33.3 Å². The van der Waals surface area contributed by atoms with Crippen LogP contribution < -0.4 is 5.32 Å². The largest absolute Gasteiger partial charge is 0.352 e. The number of aromatic nitrogens is 2. The van der Waals surface area contributed by atoms with E-state index in [9.17, 15) is 4.79 Å². The van der Waals surface area contributed by atoms with Gasteiger partial charge in [-0.2, -0.15) is 5.10 Å². The van der Waals surface area contributed by atoms with E-state index in [1.165, 1.54) is 5.56 Å². The number of nitrogens with zero attached hydrogens (tertiary/aromatic N) is 4. The van der Waals surface area contributed by atoms with Crippen LogP contribution >= 0.6 is 0 Å². The molecule has 2 aliphatic heterocycles. The van der Waals surface area contributed by atoms with Crippen LogP contribution in [0.5, 0.6) is 0 Å². The number of likely N-dealkylation sites (tertiary alicyclic amines) is 2. The molecular weight excluding hydrogens is 290 g/mol. The fourth-order valence-corrected chi connectivity index (χ4v) is 3.86. The van der Waals surface area contributed by atoms with Crippen molar-refractivity contribution < 1.29 is 4.79 Å². The lowest BCUT2D eigenvalue weighted by Crippen LogP contribution is -2.47. The van der Waals surface area contributed by atoms with Gasteiger partial charge in [0.25, 0.3) is 0 Å². The van der Waals surface area contributed by atoms with E-state index in [1.807, 2.05) is 17.9 Å². The SMILES string of the molecule is CCN1CCC(NC(=O)CN2CCC[C@H]2c2cnn(C)c2)CC1. The first kappa shape index (κ1) is 16.5. The summed E-state index contributed by atoms with van der Waals surface area (Å²) in [6.45, 7) is 7.02. The summed E-state index contributed by atoms with van der Waals surface area (Å²) in [6.07, 6.45) is 8.43. The molecule has 1 N–H and O–H groups in total. The number of amides is 1. The van der Waals surface area contributed by atoms with Gasteiger partial charge in [0.2, 0.25) is 5.91 Å². The van der Waals surface area contributed by atoms with Crippen LogP contribution in [0, 0.1) is 0 Å². The Morgan fingerprint density at radius 3 is 2.74 bits per heavy atom. The number of aryl methyl sites for hydroxylation is 1. The number of carbonyl (C=O) groups excluding carboxylic acids is 1. The Kier molecular flexibility index (Phi) is 5.33. The Bertz CT molecular complexity index is 521. The molecule has 2 fully saturated rings. The third-order valence-electron chi connectivity index (χ3n) is 5.22. The standard InChI is InChI=1S/C17H29N5O/c1-3-21-9-6-15(7-10-21)19-17(23)13-22-8-4-5-16(22)14-11-18-20(2)12-14/h11-12,15-16H,3-10,13H2,1-2H3,(H,19,23)/t16-/m0/s1. The molecule has 0 aliphatic carbocycles. The highest BCUT2D eigenvalue weighted by Gasteiger charge is 2.29. The summed E-state index contributed by atoms with van der Waals surface area (Å²) in [5.74, 6) is 0.177. The molecule has 128 valence electrons. The molecule has 3 rings (SSSR count). The van der Waals surface area contributed by atoms with Gasteiger partial charge in [0.15, 0.2) is 0 Å². The van der Waals surface area contributed by atoms with Crippen molar-refractivity contribution in [3.63, 3.8) is 0 Å². The summed E-state index contributed by atoms with van der Waals surface area (Å²) in [5.41, 5.74) is 1.23. The summed E-state index contributed by atoms with van der Waals surface area (Å²) in [7, 11) is 1.94. The highest BCUT2D eigenvalue weighted by Crippen LogP contribution is 2.31. The van der Waals surface area contributed by atoms with Gasteiger partial charge in [-0.3, -0.25) is 14.4 Å². The van der Waals surface area contributed by atoms with Crippen LogP contribution in [0.4, 0.5) is 0 Å². The minimum absolute atomic E-state index is 0.177. The van der Waals surface area contributed by atoms with Crippen LogP contribution in [0.15, 0.2) is 12.4 Å². The normalized spacial score (nSPS) is 24.2. The Labute approximate surface area is 138 Å². The van der Waals surface area contributed by atoms with Crippen molar-refractivity contribution in [3.05, 3.63) is 18.0 Å². The highest BCUT2D eigenvalue weighted by molar-refractivity contribution is 5.78. The maximum absolute atomic E-state index is 12.4. The molecule has 6 heteroatoms. The molecule has 0 saturated carbocycles. The first-order valence-corrected chi connectivity index (χ1v) is 8.90. The molecule has 1 atom stereocenters. The number of hydrogen-bond acceptors (Lipinski definition) is 4. The lowest BCUT2D eigenvalue weighted by atomic mass is 10.1. The molecule has 0 aromatic carbocycles. The van der Waals surface area contributed by atoms with E-state index >= 15 is 0 Å². The van der Waals surface area contributed by atoms with Gasteiger partial charge in [-0.15, -0.1) is 0 Å². The molecule has 1 amide bonds. The van der Waals surface area contributed by atoms with Crippen molar-refractivity contribution in [2.45, 2.75) is 44.7 Å². The first-order chi connectivity index (χ1) is 11.2. The lowest BCUT2D eigenvalue weighted by molar-refractivity contribution is -0.123. The van der Waals surface area contributed by atoms with Gasteiger partial charge in [-0.05, 0) is 38.8 Å². The Morgan fingerprint density at radius 2 is 2.09 bits per heavy atom. The number of rotatable bonds is 5. The molecular formula is C17H29N5O. The Hall–Kier alpha value is -1.40. The Morgan fingerprint density at radius 1 is 1.30 bits per heavy atom. The second-order valence-corrected chi connectivity index (χ2v) is 6.85. The molecule has 23 heavy (non-hydrogen) atoms. The zero-order valence-corrected chi connectivity index (χ0v) is 14.4. The highest BCUT2D eigenvalue weighted by atomic mass is 16.2. The van der Waals surface area contributed by atoms with E-state index in [1.54, 1.807) is 0 Å². The smallest absolute Gasteiger partial charge is 0.234 e. The number of nitrogens with one attached hydrogen (secondary N) is 1. The number of hydrogen-bond donors (Lipinski definition) is 1. The maximum Gasteiger partial charge on any atom is 0.234 e. The van der Waals surface area contributed by atoms with E-state index < -0.39 is 0 Å². The van der Waals surface area contributed by atoms with E-state index in [-0.39, 0.29) is 5.91 Å². The molecule has 1 aromatic rings. The fourth-order valence-electron chi connectivity index (χ4n) is 3.86. The minimum Gasteiger partial charge on any atom is -0.352 e.